The van der Waals surface area contributed by atoms with Crippen molar-refractivity contribution in [3.8, 4) is 0 Å². The van der Waals surface area contributed by atoms with Crippen molar-refractivity contribution in [3.05, 3.63) is 35.6 Å². The number of rotatable bonds is 7. The molecule has 0 heterocycles. The van der Waals surface area contributed by atoms with E-state index in [0.29, 0.717) is 25.3 Å². The molecular formula is C14H20FNO3. The molecule has 0 saturated heterocycles. The first-order valence-corrected chi connectivity index (χ1v) is 6.38. The van der Waals surface area contributed by atoms with Crippen molar-refractivity contribution in [1.29, 1.82) is 0 Å². The second-order valence-electron chi connectivity index (χ2n) is 4.20. The molecule has 106 valence electrons. The van der Waals surface area contributed by atoms with Crippen LogP contribution in [-0.2, 0) is 9.53 Å². The maximum absolute atomic E-state index is 12.8. The molecule has 1 atom stereocenters. The summed E-state index contributed by atoms with van der Waals surface area (Å²) in [6.45, 7) is 5.07. The van der Waals surface area contributed by atoms with E-state index in [0.717, 1.165) is 0 Å². The van der Waals surface area contributed by atoms with Crippen molar-refractivity contribution < 1.29 is 19.0 Å². The van der Waals surface area contributed by atoms with E-state index in [4.69, 9.17) is 4.74 Å². The maximum Gasteiger partial charge on any atom is 0.320 e. The third-order valence-corrected chi connectivity index (χ3v) is 2.79. The Morgan fingerprint density at radius 1 is 1.37 bits per heavy atom. The smallest absolute Gasteiger partial charge is 0.320 e. The van der Waals surface area contributed by atoms with Crippen LogP contribution in [0, 0.1) is 5.82 Å². The van der Waals surface area contributed by atoms with Gasteiger partial charge in [0.2, 0.25) is 0 Å². The average molecular weight is 269 g/mol. The Hall–Kier alpha value is -1.46. The van der Waals surface area contributed by atoms with Gasteiger partial charge in [0.25, 0.3) is 0 Å². The molecule has 0 aliphatic carbocycles. The summed E-state index contributed by atoms with van der Waals surface area (Å²) in [6.07, 6.45) is -0.755. The van der Waals surface area contributed by atoms with Gasteiger partial charge in [0.05, 0.1) is 19.3 Å². The number of aliphatic hydroxyl groups excluding tert-OH is 1. The summed E-state index contributed by atoms with van der Waals surface area (Å²) in [4.78, 5) is 13.2. The van der Waals surface area contributed by atoms with Gasteiger partial charge in [-0.15, -0.1) is 0 Å². The highest BCUT2D eigenvalue weighted by molar-refractivity contribution is 5.71. The summed E-state index contributed by atoms with van der Waals surface area (Å²) in [7, 11) is 0. The zero-order valence-electron chi connectivity index (χ0n) is 11.3. The van der Waals surface area contributed by atoms with Gasteiger partial charge in [0.15, 0.2) is 0 Å². The van der Waals surface area contributed by atoms with Gasteiger partial charge in [-0.2, -0.15) is 0 Å². The topological polar surface area (TPSA) is 49.8 Å². The van der Waals surface area contributed by atoms with Crippen molar-refractivity contribution in [1.82, 2.24) is 4.90 Å². The second-order valence-corrected chi connectivity index (χ2v) is 4.20. The Kier molecular flexibility index (Phi) is 6.45. The number of nitrogens with zero attached hydrogens (tertiary/aromatic N) is 1. The predicted molar refractivity (Wildman–Crippen MR) is 70.1 cm³/mol. The van der Waals surface area contributed by atoms with Crippen molar-refractivity contribution >= 4 is 5.97 Å². The number of esters is 1. The fourth-order valence-electron chi connectivity index (χ4n) is 1.73. The van der Waals surface area contributed by atoms with E-state index >= 15 is 0 Å². The minimum Gasteiger partial charge on any atom is -0.465 e. The molecule has 1 unspecified atom stereocenters. The number of benzene rings is 1. The quantitative estimate of drug-likeness (QED) is 0.766. The van der Waals surface area contributed by atoms with Gasteiger partial charge in [-0.05, 0) is 31.2 Å². The van der Waals surface area contributed by atoms with Crippen molar-refractivity contribution in [3.63, 3.8) is 0 Å². The first-order valence-electron chi connectivity index (χ1n) is 6.38. The molecule has 0 spiro atoms. The Morgan fingerprint density at radius 3 is 2.53 bits per heavy atom. The number of carbonyl (C=O) groups excluding carboxylic acids is 1. The van der Waals surface area contributed by atoms with Gasteiger partial charge in [0.1, 0.15) is 5.82 Å². The largest absolute Gasteiger partial charge is 0.465 e. The first kappa shape index (κ1) is 15.6. The summed E-state index contributed by atoms with van der Waals surface area (Å²) in [6, 6.07) is 5.69. The zero-order valence-corrected chi connectivity index (χ0v) is 11.3. The lowest BCUT2D eigenvalue weighted by atomic mass is 10.1. The van der Waals surface area contributed by atoms with E-state index < -0.39 is 6.10 Å². The molecule has 0 amide bonds. The van der Waals surface area contributed by atoms with Crippen molar-refractivity contribution in [2.75, 3.05) is 26.2 Å². The average Bonchev–Trinajstić information content (AvgIpc) is 2.38. The number of aliphatic hydroxyl groups is 1. The summed E-state index contributed by atoms with van der Waals surface area (Å²) >= 11 is 0. The molecule has 1 aromatic rings. The fourth-order valence-corrected chi connectivity index (χ4v) is 1.73. The van der Waals surface area contributed by atoms with Gasteiger partial charge >= 0.3 is 5.97 Å². The summed E-state index contributed by atoms with van der Waals surface area (Å²) in [5, 5.41) is 10.0. The second kappa shape index (κ2) is 7.86. The van der Waals surface area contributed by atoms with Crippen LogP contribution in [0.5, 0.6) is 0 Å². The number of hydrogen-bond donors (Lipinski definition) is 1. The lowest BCUT2D eigenvalue weighted by Gasteiger charge is -2.22. The van der Waals surface area contributed by atoms with Crippen molar-refractivity contribution in [2.45, 2.75) is 20.0 Å². The van der Waals surface area contributed by atoms with Crippen LogP contribution in [0.25, 0.3) is 0 Å². The highest BCUT2D eigenvalue weighted by atomic mass is 19.1. The Morgan fingerprint density at radius 2 is 2.00 bits per heavy atom. The van der Waals surface area contributed by atoms with Crippen LogP contribution in [0.1, 0.15) is 25.5 Å². The molecular weight excluding hydrogens is 249 g/mol. The van der Waals surface area contributed by atoms with Crippen LogP contribution in [0.3, 0.4) is 0 Å². The Balaban J connectivity index is 2.55. The number of hydrogen-bond acceptors (Lipinski definition) is 4. The molecule has 1 aromatic carbocycles. The SMILES string of the molecule is CCOC(=O)CN(CC)CC(O)c1ccc(F)cc1. The first-order chi connectivity index (χ1) is 9.06. The van der Waals surface area contributed by atoms with Crippen molar-refractivity contribution in [2.24, 2.45) is 0 Å². The van der Waals surface area contributed by atoms with E-state index in [-0.39, 0.29) is 18.3 Å². The maximum atomic E-state index is 12.8. The van der Waals surface area contributed by atoms with Gasteiger partial charge in [-0.3, -0.25) is 9.69 Å². The van der Waals surface area contributed by atoms with Crippen LogP contribution in [0.15, 0.2) is 24.3 Å². The van der Waals surface area contributed by atoms with E-state index in [9.17, 15) is 14.3 Å². The van der Waals surface area contributed by atoms with Gasteiger partial charge in [0, 0.05) is 6.54 Å². The monoisotopic (exact) mass is 269 g/mol. The molecule has 5 heteroatoms. The van der Waals surface area contributed by atoms with Crippen LogP contribution < -0.4 is 0 Å². The molecule has 4 nitrogen and oxygen atoms in total. The van der Waals surface area contributed by atoms with E-state index in [1.165, 1.54) is 24.3 Å². The third-order valence-electron chi connectivity index (χ3n) is 2.79. The molecule has 19 heavy (non-hydrogen) atoms. The lowest BCUT2D eigenvalue weighted by Crippen LogP contribution is -2.34. The Bertz CT molecular complexity index is 394. The third kappa shape index (κ3) is 5.36. The van der Waals surface area contributed by atoms with Crippen LogP contribution in [0.2, 0.25) is 0 Å². The highest BCUT2D eigenvalue weighted by Gasteiger charge is 2.15. The molecule has 0 aliphatic rings. The number of halogens is 1. The van der Waals surface area contributed by atoms with Gasteiger partial charge in [-0.25, -0.2) is 4.39 Å². The lowest BCUT2D eigenvalue weighted by molar-refractivity contribution is -0.144. The zero-order chi connectivity index (χ0) is 14.3. The summed E-state index contributed by atoms with van der Waals surface area (Å²) in [5.41, 5.74) is 0.628. The fraction of sp³-hybridized carbons (Fsp3) is 0.500. The Labute approximate surface area is 112 Å². The summed E-state index contributed by atoms with van der Waals surface area (Å²) < 4.78 is 17.6. The standard InChI is InChI=1S/C14H20FNO3/c1-3-16(10-14(18)19-4-2)9-13(17)11-5-7-12(15)8-6-11/h5-8,13,17H,3-4,9-10H2,1-2H3. The minimum absolute atomic E-state index is 0.141. The van der Waals surface area contributed by atoms with Crippen LogP contribution in [-0.4, -0.2) is 42.2 Å². The van der Waals surface area contributed by atoms with Gasteiger partial charge < -0.3 is 9.84 Å². The van der Waals surface area contributed by atoms with E-state index in [1.807, 2.05) is 6.92 Å². The predicted octanol–water partition coefficient (Wildman–Crippen LogP) is 1.74. The molecule has 0 aromatic heterocycles. The molecule has 1 N–H and O–H groups in total. The molecule has 0 aliphatic heterocycles. The normalized spacial score (nSPS) is 12.5. The van der Waals surface area contributed by atoms with E-state index in [2.05, 4.69) is 0 Å². The van der Waals surface area contributed by atoms with Gasteiger partial charge in [-0.1, -0.05) is 19.1 Å². The molecule has 0 bridgehead atoms. The minimum atomic E-state index is -0.755. The molecule has 0 radical (unpaired) electrons. The molecule has 0 saturated carbocycles. The number of likely N-dealkylation sites (N-methyl/N-ethyl adjacent to an activating group) is 1. The van der Waals surface area contributed by atoms with Crippen LogP contribution >= 0.6 is 0 Å². The number of ether oxygens (including phenoxy) is 1. The molecule has 1 rings (SSSR count). The molecule has 0 fully saturated rings. The highest BCUT2D eigenvalue weighted by Crippen LogP contribution is 2.14. The summed E-state index contributed by atoms with van der Waals surface area (Å²) in [5.74, 6) is -0.648. The number of carbonyl (C=O) groups is 1. The van der Waals surface area contributed by atoms with Crippen LogP contribution in [0.4, 0.5) is 4.39 Å². The van der Waals surface area contributed by atoms with E-state index in [1.54, 1.807) is 11.8 Å².